The number of thiophene rings is 1. The fourth-order valence-corrected chi connectivity index (χ4v) is 3.73. The Kier molecular flexibility index (Phi) is 6.04. The minimum atomic E-state index is -0.251. The maximum Gasteiger partial charge on any atom is 0.274 e. The molecule has 0 N–H and O–H groups in total. The number of aromatic nitrogens is 2. The van der Waals surface area contributed by atoms with E-state index in [1.54, 1.807) is 40.5 Å². The second-order valence-corrected chi connectivity index (χ2v) is 8.14. The third-order valence-corrected chi connectivity index (χ3v) is 5.45. The lowest BCUT2D eigenvalue weighted by atomic mass is 10.2. The highest BCUT2D eigenvalue weighted by Gasteiger charge is 2.21. The summed E-state index contributed by atoms with van der Waals surface area (Å²) in [5.74, 6) is 0.304. The molecule has 5 nitrogen and oxygen atoms in total. The van der Waals surface area contributed by atoms with Crippen molar-refractivity contribution in [3.8, 4) is 10.4 Å². The Morgan fingerprint density at radius 3 is 2.32 bits per heavy atom. The van der Waals surface area contributed by atoms with Gasteiger partial charge in [-0.25, -0.2) is 4.39 Å². The van der Waals surface area contributed by atoms with Crippen molar-refractivity contribution in [3.63, 3.8) is 0 Å². The average Bonchev–Trinajstić information content (AvgIpc) is 3.14. The standard InChI is InChI=1S/C21H23FN4OS/c1-14(2)26(21(27)18-10-12-20(24-23-18)25(3)4)13-17-9-11-19(28-17)15-5-7-16(22)8-6-15/h5-12,14H,13H2,1-4H3. The summed E-state index contributed by atoms with van der Waals surface area (Å²) < 4.78 is 13.1. The molecule has 0 radical (unpaired) electrons. The predicted molar refractivity (Wildman–Crippen MR) is 111 cm³/mol. The molecule has 1 amide bonds. The number of hydrogen-bond donors (Lipinski definition) is 0. The molecule has 7 heteroatoms. The van der Waals surface area contributed by atoms with Gasteiger partial charge in [0.1, 0.15) is 5.82 Å². The van der Waals surface area contributed by atoms with Crippen LogP contribution in [0.2, 0.25) is 0 Å². The number of rotatable bonds is 6. The lowest BCUT2D eigenvalue weighted by Gasteiger charge is -2.26. The van der Waals surface area contributed by atoms with Gasteiger partial charge in [0.15, 0.2) is 11.5 Å². The van der Waals surface area contributed by atoms with Crippen LogP contribution >= 0.6 is 11.3 Å². The highest BCUT2D eigenvalue weighted by molar-refractivity contribution is 7.15. The Hall–Kier alpha value is -2.80. The number of anilines is 1. The van der Waals surface area contributed by atoms with Crippen LogP contribution in [0.15, 0.2) is 48.5 Å². The van der Waals surface area contributed by atoms with Crippen LogP contribution < -0.4 is 4.90 Å². The number of hydrogen-bond acceptors (Lipinski definition) is 5. The van der Waals surface area contributed by atoms with Gasteiger partial charge in [-0.2, -0.15) is 0 Å². The molecule has 1 aromatic carbocycles. The summed E-state index contributed by atoms with van der Waals surface area (Å²) in [6.07, 6.45) is 0. The SMILES string of the molecule is CC(C)N(Cc1ccc(-c2ccc(F)cc2)s1)C(=O)c1ccc(N(C)C)nn1. The largest absolute Gasteiger partial charge is 0.361 e. The molecule has 2 heterocycles. The van der Waals surface area contributed by atoms with E-state index in [4.69, 9.17) is 0 Å². The van der Waals surface area contributed by atoms with E-state index in [-0.39, 0.29) is 17.8 Å². The van der Waals surface area contributed by atoms with Crippen molar-refractivity contribution in [3.05, 3.63) is 64.9 Å². The first kappa shape index (κ1) is 19.9. The maximum atomic E-state index is 13.1. The molecule has 0 aliphatic rings. The molecule has 146 valence electrons. The summed E-state index contributed by atoms with van der Waals surface area (Å²) in [4.78, 5) is 18.7. The van der Waals surface area contributed by atoms with Crippen LogP contribution in [-0.4, -0.2) is 41.1 Å². The van der Waals surface area contributed by atoms with Crippen LogP contribution in [0.1, 0.15) is 29.2 Å². The summed E-state index contributed by atoms with van der Waals surface area (Å²) in [6.45, 7) is 4.45. The van der Waals surface area contributed by atoms with Crippen LogP contribution in [0.4, 0.5) is 10.2 Å². The summed E-state index contributed by atoms with van der Waals surface area (Å²) in [5, 5.41) is 8.19. The predicted octanol–water partition coefficient (Wildman–Crippen LogP) is 4.46. The highest BCUT2D eigenvalue weighted by Crippen LogP contribution is 2.29. The van der Waals surface area contributed by atoms with E-state index in [0.29, 0.717) is 18.1 Å². The second kappa shape index (κ2) is 8.48. The number of carbonyl (C=O) groups excluding carboxylic acids is 1. The van der Waals surface area contributed by atoms with E-state index < -0.39 is 0 Å². The summed E-state index contributed by atoms with van der Waals surface area (Å²) >= 11 is 1.60. The molecule has 2 aromatic heterocycles. The Morgan fingerprint density at radius 1 is 1.04 bits per heavy atom. The Bertz CT molecular complexity index is 936. The fraction of sp³-hybridized carbons (Fsp3) is 0.286. The molecule has 0 bridgehead atoms. The van der Waals surface area contributed by atoms with Gasteiger partial charge in [0.05, 0.1) is 6.54 Å². The Labute approximate surface area is 168 Å². The maximum absolute atomic E-state index is 13.1. The number of nitrogens with zero attached hydrogens (tertiary/aromatic N) is 4. The van der Waals surface area contributed by atoms with E-state index in [9.17, 15) is 9.18 Å². The van der Waals surface area contributed by atoms with E-state index >= 15 is 0 Å². The van der Waals surface area contributed by atoms with E-state index in [0.717, 1.165) is 15.3 Å². The molecule has 0 spiro atoms. The van der Waals surface area contributed by atoms with Crippen molar-refractivity contribution in [2.75, 3.05) is 19.0 Å². The van der Waals surface area contributed by atoms with Crippen LogP contribution in [-0.2, 0) is 6.54 Å². The average molecular weight is 399 g/mol. The quantitative estimate of drug-likeness (QED) is 0.615. The molecule has 28 heavy (non-hydrogen) atoms. The van der Waals surface area contributed by atoms with Gasteiger partial charge >= 0.3 is 0 Å². The van der Waals surface area contributed by atoms with Crippen molar-refractivity contribution in [1.29, 1.82) is 0 Å². The van der Waals surface area contributed by atoms with Crippen LogP contribution in [0.25, 0.3) is 10.4 Å². The first-order chi connectivity index (χ1) is 13.3. The van der Waals surface area contributed by atoms with E-state index in [2.05, 4.69) is 10.2 Å². The highest BCUT2D eigenvalue weighted by atomic mass is 32.1. The minimum absolute atomic E-state index is 0.0131. The lowest BCUT2D eigenvalue weighted by molar-refractivity contribution is 0.0685. The molecule has 0 unspecified atom stereocenters. The van der Waals surface area contributed by atoms with Gasteiger partial charge in [0, 0.05) is 29.9 Å². The van der Waals surface area contributed by atoms with Crippen LogP contribution in [0, 0.1) is 5.82 Å². The topological polar surface area (TPSA) is 49.3 Å². The molecule has 0 saturated carbocycles. The first-order valence-electron chi connectivity index (χ1n) is 9.02. The molecule has 0 fully saturated rings. The zero-order valence-corrected chi connectivity index (χ0v) is 17.2. The number of amides is 1. The number of halogens is 1. The van der Waals surface area contributed by atoms with Crippen molar-refractivity contribution in [1.82, 2.24) is 15.1 Å². The van der Waals surface area contributed by atoms with Gasteiger partial charge < -0.3 is 9.80 Å². The zero-order chi connectivity index (χ0) is 20.3. The number of benzene rings is 1. The number of carbonyl (C=O) groups is 1. The Balaban J connectivity index is 1.78. The van der Waals surface area contributed by atoms with Gasteiger partial charge in [-0.15, -0.1) is 21.5 Å². The van der Waals surface area contributed by atoms with Crippen LogP contribution in [0.5, 0.6) is 0 Å². The third-order valence-electron chi connectivity index (χ3n) is 4.33. The summed E-state index contributed by atoms with van der Waals surface area (Å²) in [5.41, 5.74) is 1.29. The van der Waals surface area contributed by atoms with Gasteiger partial charge in [-0.3, -0.25) is 4.79 Å². The Morgan fingerprint density at radius 2 is 1.75 bits per heavy atom. The monoisotopic (exact) mass is 398 g/mol. The first-order valence-corrected chi connectivity index (χ1v) is 9.83. The van der Waals surface area contributed by atoms with E-state index in [1.165, 1.54) is 12.1 Å². The van der Waals surface area contributed by atoms with E-state index in [1.807, 2.05) is 45.0 Å². The normalized spacial score (nSPS) is 10.9. The molecule has 0 atom stereocenters. The third kappa shape index (κ3) is 4.54. The van der Waals surface area contributed by atoms with Gasteiger partial charge in [-0.1, -0.05) is 12.1 Å². The second-order valence-electron chi connectivity index (χ2n) is 6.97. The van der Waals surface area contributed by atoms with Crippen molar-refractivity contribution in [2.45, 2.75) is 26.4 Å². The smallest absolute Gasteiger partial charge is 0.274 e. The molecule has 3 aromatic rings. The molecular weight excluding hydrogens is 375 g/mol. The fourth-order valence-electron chi connectivity index (χ4n) is 2.71. The molecule has 0 aliphatic carbocycles. The van der Waals surface area contributed by atoms with Gasteiger partial charge in [0.2, 0.25) is 0 Å². The molecule has 3 rings (SSSR count). The van der Waals surface area contributed by atoms with Gasteiger partial charge in [0.25, 0.3) is 5.91 Å². The van der Waals surface area contributed by atoms with Gasteiger partial charge in [-0.05, 0) is 55.8 Å². The summed E-state index contributed by atoms with van der Waals surface area (Å²) in [6, 6.07) is 13.9. The van der Waals surface area contributed by atoms with Crippen LogP contribution in [0.3, 0.4) is 0 Å². The molecule has 0 aliphatic heterocycles. The lowest BCUT2D eigenvalue weighted by Crippen LogP contribution is -2.36. The summed E-state index contributed by atoms with van der Waals surface area (Å²) in [7, 11) is 3.75. The minimum Gasteiger partial charge on any atom is -0.361 e. The zero-order valence-electron chi connectivity index (χ0n) is 16.4. The molecule has 0 saturated heterocycles. The molecular formula is C21H23FN4OS. The van der Waals surface area contributed by atoms with Crippen molar-refractivity contribution in [2.24, 2.45) is 0 Å². The van der Waals surface area contributed by atoms with Crippen molar-refractivity contribution < 1.29 is 9.18 Å². The van der Waals surface area contributed by atoms with Crippen molar-refractivity contribution >= 4 is 23.1 Å².